The van der Waals surface area contributed by atoms with Crippen LogP contribution in [0.15, 0.2) is 0 Å². The monoisotopic (exact) mass is 331 g/mol. The molecule has 1 amide bonds. The molecule has 3 aliphatic rings. The molecule has 4 rings (SSSR count). The minimum absolute atomic E-state index is 0.300. The van der Waals surface area contributed by atoms with Gasteiger partial charge in [0.25, 0.3) is 0 Å². The van der Waals surface area contributed by atoms with Crippen LogP contribution >= 0.6 is 0 Å². The molecule has 2 saturated heterocycles. The number of piperidine rings is 1. The van der Waals surface area contributed by atoms with Gasteiger partial charge in [-0.05, 0) is 51.6 Å². The van der Waals surface area contributed by atoms with E-state index in [-0.39, 0.29) is 0 Å². The molecule has 0 spiro atoms. The van der Waals surface area contributed by atoms with Crippen LogP contribution in [-0.2, 0) is 18.4 Å². The highest BCUT2D eigenvalue weighted by molar-refractivity contribution is 5.79. The van der Waals surface area contributed by atoms with Gasteiger partial charge in [0.2, 0.25) is 5.91 Å². The Morgan fingerprint density at radius 2 is 1.83 bits per heavy atom. The first-order chi connectivity index (χ1) is 11.7. The molecule has 6 heteroatoms. The summed E-state index contributed by atoms with van der Waals surface area (Å²) in [6.45, 7) is 5.00. The van der Waals surface area contributed by atoms with E-state index in [9.17, 15) is 4.79 Å². The first-order valence-electron chi connectivity index (χ1n) is 9.61. The molecule has 2 aliphatic heterocycles. The SMILES string of the molecule is Cn1c(CN2CCCC2)nnc1C1CCCN(C(=O)C2CCC2)C1. The third kappa shape index (κ3) is 3.08. The number of nitrogens with zero attached hydrogens (tertiary/aromatic N) is 5. The van der Waals surface area contributed by atoms with Gasteiger partial charge < -0.3 is 9.47 Å². The fourth-order valence-corrected chi connectivity index (χ4v) is 4.31. The molecule has 3 heterocycles. The van der Waals surface area contributed by atoms with Crippen molar-refractivity contribution in [2.24, 2.45) is 13.0 Å². The summed E-state index contributed by atoms with van der Waals surface area (Å²) in [6, 6.07) is 0. The zero-order chi connectivity index (χ0) is 16.5. The molecule has 1 aromatic rings. The number of likely N-dealkylation sites (tertiary alicyclic amines) is 2. The molecule has 0 N–H and O–H groups in total. The summed E-state index contributed by atoms with van der Waals surface area (Å²) in [5.41, 5.74) is 0. The average molecular weight is 331 g/mol. The van der Waals surface area contributed by atoms with Crippen molar-refractivity contribution in [1.82, 2.24) is 24.6 Å². The lowest BCUT2D eigenvalue weighted by molar-refractivity contribution is -0.139. The van der Waals surface area contributed by atoms with Crippen LogP contribution in [0, 0.1) is 5.92 Å². The summed E-state index contributed by atoms with van der Waals surface area (Å²) in [4.78, 5) is 17.1. The van der Waals surface area contributed by atoms with Gasteiger partial charge in [0, 0.05) is 32.0 Å². The van der Waals surface area contributed by atoms with Crippen LogP contribution in [0.2, 0.25) is 0 Å². The summed E-state index contributed by atoms with van der Waals surface area (Å²) in [5.74, 6) is 3.15. The third-order valence-electron chi connectivity index (χ3n) is 6.12. The lowest BCUT2D eigenvalue weighted by Crippen LogP contribution is -2.44. The molecule has 1 atom stereocenters. The molecule has 6 nitrogen and oxygen atoms in total. The van der Waals surface area contributed by atoms with Crippen molar-refractivity contribution >= 4 is 5.91 Å². The Morgan fingerprint density at radius 3 is 2.54 bits per heavy atom. The van der Waals surface area contributed by atoms with Crippen molar-refractivity contribution in [3.05, 3.63) is 11.6 Å². The maximum absolute atomic E-state index is 12.6. The van der Waals surface area contributed by atoms with Gasteiger partial charge in [-0.3, -0.25) is 9.69 Å². The lowest BCUT2D eigenvalue weighted by atomic mass is 9.83. The average Bonchev–Trinajstić information content (AvgIpc) is 3.17. The van der Waals surface area contributed by atoms with Gasteiger partial charge in [0.1, 0.15) is 11.6 Å². The maximum Gasteiger partial charge on any atom is 0.225 e. The topological polar surface area (TPSA) is 54.3 Å². The van der Waals surface area contributed by atoms with Gasteiger partial charge in [-0.25, -0.2) is 0 Å². The van der Waals surface area contributed by atoms with Gasteiger partial charge in [0.15, 0.2) is 0 Å². The Hall–Kier alpha value is -1.43. The zero-order valence-electron chi connectivity index (χ0n) is 14.8. The minimum Gasteiger partial charge on any atom is -0.342 e. The summed E-state index contributed by atoms with van der Waals surface area (Å²) in [6.07, 6.45) is 8.18. The number of rotatable bonds is 4. The number of hydrogen-bond acceptors (Lipinski definition) is 4. The minimum atomic E-state index is 0.300. The van der Waals surface area contributed by atoms with E-state index >= 15 is 0 Å². The third-order valence-corrected chi connectivity index (χ3v) is 6.12. The fraction of sp³-hybridized carbons (Fsp3) is 0.833. The van der Waals surface area contributed by atoms with E-state index in [2.05, 4.69) is 31.6 Å². The number of hydrogen-bond donors (Lipinski definition) is 0. The normalized spacial score (nSPS) is 25.9. The predicted molar refractivity (Wildman–Crippen MR) is 91.4 cm³/mol. The molecule has 0 radical (unpaired) electrons. The van der Waals surface area contributed by atoms with Crippen LogP contribution in [0.3, 0.4) is 0 Å². The molecular formula is C18H29N5O. The molecule has 0 bridgehead atoms. The molecule has 0 aromatic carbocycles. The van der Waals surface area contributed by atoms with E-state index in [1.54, 1.807) is 0 Å². The van der Waals surface area contributed by atoms with Crippen molar-refractivity contribution in [3.8, 4) is 0 Å². The molecule has 3 fully saturated rings. The Balaban J connectivity index is 1.42. The van der Waals surface area contributed by atoms with E-state index in [1.807, 2.05) is 0 Å². The van der Waals surface area contributed by atoms with E-state index in [4.69, 9.17) is 0 Å². The quantitative estimate of drug-likeness (QED) is 0.846. The Kier molecular flexibility index (Phi) is 4.57. The molecule has 24 heavy (non-hydrogen) atoms. The molecule has 1 aromatic heterocycles. The van der Waals surface area contributed by atoms with Crippen molar-refractivity contribution in [1.29, 1.82) is 0 Å². The zero-order valence-corrected chi connectivity index (χ0v) is 14.8. The van der Waals surface area contributed by atoms with E-state index in [0.717, 1.165) is 57.0 Å². The maximum atomic E-state index is 12.6. The highest BCUT2D eigenvalue weighted by Crippen LogP contribution is 2.32. The van der Waals surface area contributed by atoms with Gasteiger partial charge in [0.05, 0.1) is 6.54 Å². The Morgan fingerprint density at radius 1 is 1.04 bits per heavy atom. The lowest BCUT2D eigenvalue weighted by Gasteiger charge is -2.36. The number of aromatic nitrogens is 3. The highest BCUT2D eigenvalue weighted by Gasteiger charge is 2.34. The van der Waals surface area contributed by atoms with E-state index < -0.39 is 0 Å². The second-order valence-electron chi connectivity index (χ2n) is 7.77. The second-order valence-corrected chi connectivity index (χ2v) is 7.77. The molecule has 1 aliphatic carbocycles. The summed E-state index contributed by atoms with van der Waals surface area (Å²) < 4.78 is 2.18. The first-order valence-corrected chi connectivity index (χ1v) is 9.61. The fourth-order valence-electron chi connectivity index (χ4n) is 4.31. The van der Waals surface area contributed by atoms with Crippen LogP contribution in [0.5, 0.6) is 0 Å². The van der Waals surface area contributed by atoms with Crippen molar-refractivity contribution < 1.29 is 4.79 Å². The number of carbonyl (C=O) groups is 1. The van der Waals surface area contributed by atoms with E-state index in [0.29, 0.717) is 17.7 Å². The molecule has 1 unspecified atom stereocenters. The Bertz CT molecular complexity index is 588. The molecule has 132 valence electrons. The van der Waals surface area contributed by atoms with Crippen LogP contribution in [-0.4, -0.2) is 56.7 Å². The van der Waals surface area contributed by atoms with Gasteiger partial charge in [-0.15, -0.1) is 10.2 Å². The molecular weight excluding hydrogens is 302 g/mol. The van der Waals surface area contributed by atoms with Gasteiger partial charge in [-0.1, -0.05) is 6.42 Å². The van der Waals surface area contributed by atoms with Crippen molar-refractivity contribution in [3.63, 3.8) is 0 Å². The van der Waals surface area contributed by atoms with Gasteiger partial charge in [-0.2, -0.15) is 0 Å². The summed E-state index contributed by atoms with van der Waals surface area (Å²) in [5, 5.41) is 8.96. The molecule has 1 saturated carbocycles. The van der Waals surface area contributed by atoms with E-state index in [1.165, 1.54) is 32.4 Å². The van der Waals surface area contributed by atoms with Crippen LogP contribution < -0.4 is 0 Å². The van der Waals surface area contributed by atoms with Crippen LogP contribution in [0.25, 0.3) is 0 Å². The predicted octanol–water partition coefficient (Wildman–Crippen LogP) is 1.92. The standard InChI is InChI=1S/C18H29N5O/c1-21-16(13-22-9-2-3-10-22)19-20-17(21)15-8-5-11-23(12-15)18(24)14-6-4-7-14/h14-15H,2-13H2,1H3. The second kappa shape index (κ2) is 6.82. The summed E-state index contributed by atoms with van der Waals surface area (Å²) in [7, 11) is 2.09. The number of carbonyl (C=O) groups excluding carboxylic acids is 1. The van der Waals surface area contributed by atoms with Crippen LogP contribution in [0.4, 0.5) is 0 Å². The first kappa shape index (κ1) is 16.1. The largest absolute Gasteiger partial charge is 0.342 e. The Labute approximate surface area is 144 Å². The number of amides is 1. The smallest absolute Gasteiger partial charge is 0.225 e. The summed E-state index contributed by atoms with van der Waals surface area (Å²) >= 11 is 0. The van der Waals surface area contributed by atoms with Crippen molar-refractivity contribution in [2.45, 2.75) is 57.4 Å². The van der Waals surface area contributed by atoms with Crippen molar-refractivity contribution in [2.75, 3.05) is 26.2 Å². The van der Waals surface area contributed by atoms with Gasteiger partial charge >= 0.3 is 0 Å². The van der Waals surface area contributed by atoms with Crippen LogP contribution in [0.1, 0.15) is 62.5 Å². The highest BCUT2D eigenvalue weighted by atomic mass is 16.2.